The quantitative estimate of drug-likeness (QED) is 0.794. The van der Waals surface area contributed by atoms with Crippen LogP contribution in [0.25, 0.3) is 10.1 Å². The monoisotopic (exact) mass is 269 g/mol. The van der Waals surface area contributed by atoms with Gasteiger partial charge in [0.2, 0.25) is 0 Å². The highest BCUT2D eigenvalue weighted by Gasteiger charge is 2.03. The van der Waals surface area contributed by atoms with Crippen LogP contribution < -0.4 is 10.9 Å². The van der Waals surface area contributed by atoms with Crippen LogP contribution in [0.2, 0.25) is 0 Å². The number of anilines is 1. The average Bonchev–Trinajstić information content (AvgIpc) is 2.46. The Kier molecular flexibility index (Phi) is 3.20. The third-order valence-corrected chi connectivity index (χ3v) is 3.68. The molecule has 0 aliphatic rings. The Morgan fingerprint density at radius 3 is 2.79 bits per heavy atom. The maximum atomic E-state index is 11.9. The Balaban J connectivity index is 1.88. The van der Waals surface area contributed by atoms with Gasteiger partial charge in [-0.2, -0.15) is 4.98 Å². The van der Waals surface area contributed by atoms with Crippen molar-refractivity contribution in [1.82, 2.24) is 9.97 Å². The fourth-order valence-corrected chi connectivity index (χ4v) is 2.65. The topological polar surface area (TPSA) is 54.9 Å². The van der Waals surface area contributed by atoms with E-state index in [1.807, 2.05) is 36.4 Å². The zero-order valence-electron chi connectivity index (χ0n) is 10.0. The number of benzene rings is 1. The molecule has 0 amide bonds. The lowest BCUT2D eigenvalue weighted by Crippen LogP contribution is -2.09. The molecule has 0 unspecified atom stereocenters. The minimum Gasteiger partial charge on any atom is -0.356 e. The summed E-state index contributed by atoms with van der Waals surface area (Å²) in [7, 11) is 0. The van der Waals surface area contributed by atoms with E-state index >= 15 is 0 Å². The van der Waals surface area contributed by atoms with Crippen LogP contribution in [0.1, 0.15) is 5.69 Å². The first-order valence-corrected chi connectivity index (χ1v) is 6.68. The van der Waals surface area contributed by atoms with Crippen molar-refractivity contribution in [3.8, 4) is 0 Å². The Morgan fingerprint density at radius 2 is 1.95 bits per heavy atom. The number of rotatable bonds is 3. The first-order valence-electron chi connectivity index (χ1n) is 5.86. The van der Waals surface area contributed by atoms with Crippen molar-refractivity contribution in [2.75, 3.05) is 5.32 Å². The summed E-state index contributed by atoms with van der Waals surface area (Å²) in [6.45, 7) is 0.558. The molecule has 1 N–H and O–H groups in total. The summed E-state index contributed by atoms with van der Waals surface area (Å²) < 4.78 is 0.936. The largest absolute Gasteiger partial charge is 0.356 e. The average molecular weight is 269 g/mol. The molecule has 3 aromatic rings. The predicted molar refractivity (Wildman–Crippen MR) is 77.5 cm³/mol. The van der Waals surface area contributed by atoms with Gasteiger partial charge in [-0.25, -0.2) is 0 Å². The summed E-state index contributed by atoms with van der Waals surface area (Å²) in [6.07, 6.45) is 1.74. The van der Waals surface area contributed by atoms with Crippen LogP contribution in [0.5, 0.6) is 0 Å². The third-order valence-electron chi connectivity index (χ3n) is 2.67. The van der Waals surface area contributed by atoms with Crippen molar-refractivity contribution in [1.29, 1.82) is 0 Å². The van der Waals surface area contributed by atoms with Gasteiger partial charge >= 0.3 is 0 Å². The molecule has 0 saturated heterocycles. The SMILES string of the molecule is O=c1nc(NCc2ccccn2)sc2ccccc12. The van der Waals surface area contributed by atoms with Crippen molar-refractivity contribution in [3.05, 3.63) is 64.7 Å². The predicted octanol–water partition coefficient (Wildman–Crippen LogP) is 2.66. The molecule has 0 saturated carbocycles. The van der Waals surface area contributed by atoms with Gasteiger partial charge in [0, 0.05) is 10.9 Å². The molecule has 0 aliphatic carbocycles. The number of nitrogens with zero attached hydrogens (tertiary/aromatic N) is 2. The fraction of sp³-hybridized carbons (Fsp3) is 0.0714. The summed E-state index contributed by atoms with van der Waals surface area (Å²) in [5, 5.41) is 4.42. The second-order valence-corrected chi connectivity index (χ2v) is 5.03. The number of fused-ring (bicyclic) bond motifs is 1. The molecular weight excluding hydrogens is 258 g/mol. The smallest absolute Gasteiger partial charge is 0.281 e. The Morgan fingerprint density at radius 1 is 1.11 bits per heavy atom. The van der Waals surface area contributed by atoms with Crippen LogP contribution in [0.4, 0.5) is 5.13 Å². The van der Waals surface area contributed by atoms with Crippen LogP contribution >= 0.6 is 11.3 Å². The lowest BCUT2D eigenvalue weighted by Gasteiger charge is -2.04. The van der Waals surface area contributed by atoms with Gasteiger partial charge < -0.3 is 5.32 Å². The minimum atomic E-state index is -0.196. The Bertz CT molecular complexity index is 755. The third kappa shape index (κ3) is 2.61. The molecule has 0 bridgehead atoms. The van der Waals surface area contributed by atoms with Crippen LogP contribution in [0.3, 0.4) is 0 Å². The first kappa shape index (κ1) is 11.8. The molecule has 4 nitrogen and oxygen atoms in total. The van der Waals surface area contributed by atoms with E-state index in [4.69, 9.17) is 0 Å². The van der Waals surface area contributed by atoms with Gasteiger partial charge in [-0.3, -0.25) is 9.78 Å². The molecule has 0 atom stereocenters. The zero-order valence-corrected chi connectivity index (χ0v) is 10.9. The molecule has 0 aliphatic heterocycles. The van der Waals surface area contributed by atoms with Gasteiger partial charge in [0.05, 0.1) is 17.6 Å². The van der Waals surface area contributed by atoms with Crippen LogP contribution in [-0.4, -0.2) is 9.97 Å². The van der Waals surface area contributed by atoms with Gasteiger partial charge in [-0.05, 0) is 24.3 Å². The summed E-state index contributed by atoms with van der Waals surface area (Å²) in [5.74, 6) is 0. The van der Waals surface area contributed by atoms with E-state index in [0.29, 0.717) is 17.1 Å². The molecule has 2 aromatic heterocycles. The molecular formula is C14H11N3OS. The molecule has 3 rings (SSSR count). The number of nitrogens with one attached hydrogen (secondary N) is 1. The van der Waals surface area contributed by atoms with E-state index in [1.165, 1.54) is 11.3 Å². The Hall–Kier alpha value is -2.27. The van der Waals surface area contributed by atoms with Gasteiger partial charge in [-0.1, -0.05) is 29.5 Å². The number of aromatic nitrogens is 2. The second-order valence-electron chi connectivity index (χ2n) is 3.99. The lowest BCUT2D eigenvalue weighted by molar-refractivity contribution is 1.04. The van der Waals surface area contributed by atoms with Gasteiger partial charge in [0.15, 0.2) is 5.13 Å². The van der Waals surface area contributed by atoms with Crippen molar-refractivity contribution in [2.24, 2.45) is 0 Å². The minimum absolute atomic E-state index is 0.196. The standard InChI is InChI=1S/C14H11N3OS/c18-13-11-6-1-2-7-12(11)19-14(17-13)16-9-10-5-3-4-8-15-10/h1-8H,9H2,(H,16,17,18). The van der Waals surface area contributed by atoms with E-state index in [2.05, 4.69) is 15.3 Å². The molecule has 94 valence electrons. The van der Waals surface area contributed by atoms with Gasteiger partial charge in [-0.15, -0.1) is 0 Å². The van der Waals surface area contributed by atoms with Crippen molar-refractivity contribution >= 4 is 26.6 Å². The van der Waals surface area contributed by atoms with Gasteiger partial charge in [0.1, 0.15) is 0 Å². The van der Waals surface area contributed by atoms with E-state index in [-0.39, 0.29) is 5.56 Å². The van der Waals surface area contributed by atoms with Crippen LogP contribution in [-0.2, 0) is 6.54 Å². The molecule has 0 fully saturated rings. The molecule has 0 spiro atoms. The summed E-state index contributed by atoms with van der Waals surface area (Å²) >= 11 is 1.47. The summed E-state index contributed by atoms with van der Waals surface area (Å²) in [5.41, 5.74) is 0.718. The molecule has 19 heavy (non-hydrogen) atoms. The van der Waals surface area contributed by atoms with Crippen molar-refractivity contribution < 1.29 is 0 Å². The van der Waals surface area contributed by atoms with E-state index in [9.17, 15) is 4.79 Å². The van der Waals surface area contributed by atoms with Crippen molar-refractivity contribution in [2.45, 2.75) is 6.54 Å². The van der Waals surface area contributed by atoms with Crippen LogP contribution in [0, 0.1) is 0 Å². The highest BCUT2D eigenvalue weighted by Crippen LogP contribution is 2.20. The number of hydrogen-bond acceptors (Lipinski definition) is 5. The zero-order chi connectivity index (χ0) is 13.1. The van der Waals surface area contributed by atoms with Crippen LogP contribution in [0.15, 0.2) is 53.5 Å². The highest BCUT2D eigenvalue weighted by molar-refractivity contribution is 7.21. The molecule has 1 aromatic carbocycles. The van der Waals surface area contributed by atoms with Gasteiger partial charge in [0.25, 0.3) is 5.56 Å². The molecule has 5 heteroatoms. The summed E-state index contributed by atoms with van der Waals surface area (Å²) in [6, 6.07) is 13.2. The second kappa shape index (κ2) is 5.16. The summed E-state index contributed by atoms with van der Waals surface area (Å²) in [4.78, 5) is 20.1. The maximum absolute atomic E-state index is 11.9. The molecule has 2 heterocycles. The lowest BCUT2D eigenvalue weighted by atomic mass is 10.3. The van der Waals surface area contributed by atoms with E-state index in [0.717, 1.165) is 10.4 Å². The maximum Gasteiger partial charge on any atom is 0.281 e. The molecule has 0 radical (unpaired) electrons. The Labute approximate surface area is 113 Å². The van der Waals surface area contributed by atoms with E-state index < -0.39 is 0 Å². The first-order chi connectivity index (χ1) is 9.33. The number of pyridine rings is 1. The highest BCUT2D eigenvalue weighted by atomic mass is 32.1. The number of hydrogen-bond donors (Lipinski definition) is 1. The van der Waals surface area contributed by atoms with Crippen molar-refractivity contribution in [3.63, 3.8) is 0 Å². The normalized spacial score (nSPS) is 10.5. The fourth-order valence-electron chi connectivity index (χ4n) is 1.76. The van der Waals surface area contributed by atoms with E-state index in [1.54, 1.807) is 12.3 Å².